The number of hydrogen-bond acceptors (Lipinski definition) is 2. The lowest BCUT2D eigenvalue weighted by Gasteiger charge is -2.29. The summed E-state index contributed by atoms with van der Waals surface area (Å²) in [4.78, 5) is 11.8. The average Bonchev–Trinajstić information content (AvgIpc) is 2.44. The van der Waals surface area contributed by atoms with Crippen molar-refractivity contribution in [2.45, 2.75) is 26.7 Å². The summed E-state index contributed by atoms with van der Waals surface area (Å²) >= 11 is 0. The Morgan fingerprint density at radius 1 is 1.32 bits per heavy atom. The molecular weight excluding hydrogens is 252 g/mol. The molecule has 0 atom stereocenters. The SMILES string of the molecule is CCC(CC)(CO)CNC(=O)c1cccc(F)c1F. The topological polar surface area (TPSA) is 49.3 Å². The van der Waals surface area contributed by atoms with Crippen LogP contribution in [0.5, 0.6) is 0 Å². The summed E-state index contributed by atoms with van der Waals surface area (Å²) in [7, 11) is 0. The quantitative estimate of drug-likeness (QED) is 0.835. The van der Waals surface area contributed by atoms with Gasteiger partial charge in [-0.05, 0) is 25.0 Å². The molecular formula is C14H19F2NO2. The van der Waals surface area contributed by atoms with Crippen LogP contribution in [0.2, 0.25) is 0 Å². The molecule has 1 aromatic carbocycles. The Balaban J connectivity index is 2.78. The van der Waals surface area contributed by atoms with E-state index in [2.05, 4.69) is 5.32 Å². The second-order valence-corrected chi connectivity index (χ2v) is 4.65. The van der Waals surface area contributed by atoms with Gasteiger partial charge < -0.3 is 10.4 Å². The molecule has 2 N–H and O–H groups in total. The van der Waals surface area contributed by atoms with Gasteiger partial charge in [0.05, 0.1) is 12.2 Å². The molecule has 0 bridgehead atoms. The normalized spacial score (nSPS) is 11.4. The van der Waals surface area contributed by atoms with Crippen LogP contribution in [0, 0.1) is 17.0 Å². The van der Waals surface area contributed by atoms with Crippen molar-refractivity contribution in [1.82, 2.24) is 5.32 Å². The van der Waals surface area contributed by atoms with Crippen molar-refractivity contribution >= 4 is 5.91 Å². The molecule has 19 heavy (non-hydrogen) atoms. The van der Waals surface area contributed by atoms with Gasteiger partial charge in [-0.15, -0.1) is 0 Å². The molecule has 0 aliphatic carbocycles. The second kappa shape index (κ2) is 6.61. The van der Waals surface area contributed by atoms with E-state index in [1.807, 2.05) is 13.8 Å². The smallest absolute Gasteiger partial charge is 0.254 e. The van der Waals surface area contributed by atoms with Gasteiger partial charge in [0, 0.05) is 12.0 Å². The fourth-order valence-corrected chi connectivity index (χ4v) is 1.82. The van der Waals surface area contributed by atoms with Gasteiger partial charge in [0.1, 0.15) is 0 Å². The summed E-state index contributed by atoms with van der Waals surface area (Å²) < 4.78 is 26.4. The first kappa shape index (κ1) is 15.6. The molecule has 3 nitrogen and oxygen atoms in total. The van der Waals surface area contributed by atoms with Crippen LogP contribution < -0.4 is 5.32 Å². The van der Waals surface area contributed by atoms with Crippen LogP contribution in [0.1, 0.15) is 37.0 Å². The number of carbonyl (C=O) groups excluding carboxylic acids is 1. The zero-order chi connectivity index (χ0) is 14.5. The highest BCUT2D eigenvalue weighted by Crippen LogP contribution is 2.24. The zero-order valence-electron chi connectivity index (χ0n) is 11.2. The first-order valence-corrected chi connectivity index (χ1v) is 6.32. The molecule has 0 saturated carbocycles. The van der Waals surface area contributed by atoms with E-state index in [-0.39, 0.29) is 18.7 Å². The van der Waals surface area contributed by atoms with Crippen molar-refractivity contribution < 1.29 is 18.7 Å². The summed E-state index contributed by atoms with van der Waals surface area (Å²) in [6, 6.07) is 3.47. The molecule has 0 radical (unpaired) electrons. The first-order valence-electron chi connectivity index (χ1n) is 6.32. The largest absolute Gasteiger partial charge is 0.396 e. The highest BCUT2D eigenvalue weighted by Gasteiger charge is 2.26. The van der Waals surface area contributed by atoms with Gasteiger partial charge >= 0.3 is 0 Å². The molecule has 1 aromatic rings. The third-order valence-corrected chi connectivity index (χ3v) is 3.66. The van der Waals surface area contributed by atoms with E-state index in [9.17, 15) is 18.7 Å². The van der Waals surface area contributed by atoms with Gasteiger partial charge in [-0.1, -0.05) is 19.9 Å². The number of aliphatic hydroxyl groups is 1. The summed E-state index contributed by atoms with van der Waals surface area (Å²) in [5, 5.41) is 11.9. The second-order valence-electron chi connectivity index (χ2n) is 4.65. The number of rotatable bonds is 6. The van der Waals surface area contributed by atoms with Crippen molar-refractivity contribution in [2.75, 3.05) is 13.2 Å². The van der Waals surface area contributed by atoms with Gasteiger partial charge in [-0.3, -0.25) is 4.79 Å². The van der Waals surface area contributed by atoms with E-state index in [0.717, 1.165) is 6.07 Å². The maximum Gasteiger partial charge on any atom is 0.254 e. The first-order chi connectivity index (χ1) is 8.99. The summed E-state index contributed by atoms with van der Waals surface area (Å²) in [6.45, 7) is 3.99. The maximum atomic E-state index is 13.4. The highest BCUT2D eigenvalue weighted by atomic mass is 19.2. The number of amides is 1. The van der Waals surface area contributed by atoms with Crippen molar-refractivity contribution in [3.63, 3.8) is 0 Å². The van der Waals surface area contributed by atoms with E-state index in [1.165, 1.54) is 12.1 Å². The van der Waals surface area contributed by atoms with Crippen LogP contribution in [0.4, 0.5) is 8.78 Å². The molecule has 0 saturated heterocycles. The number of benzene rings is 1. The molecule has 0 aliphatic rings. The van der Waals surface area contributed by atoms with Crippen molar-refractivity contribution in [3.05, 3.63) is 35.4 Å². The zero-order valence-corrected chi connectivity index (χ0v) is 11.2. The third-order valence-electron chi connectivity index (χ3n) is 3.66. The average molecular weight is 271 g/mol. The molecule has 0 unspecified atom stereocenters. The van der Waals surface area contributed by atoms with Crippen LogP contribution in [0.3, 0.4) is 0 Å². The molecule has 106 valence electrons. The Labute approximate surface area is 111 Å². The van der Waals surface area contributed by atoms with Crippen molar-refractivity contribution in [1.29, 1.82) is 0 Å². The minimum atomic E-state index is -1.15. The predicted molar refractivity (Wildman–Crippen MR) is 68.8 cm³/mol. The summed E-state index contributed by atoms with van der Waals surface area (Å²) in [5.74, 6) is -2.87. The van der Waals surface area contributed by atoms with E-state index in [4.69, 9.17) is 0 Å². The van der Waals surface area contributed by atoms with E-state index in [0.29, 0.717) is 12.8 Å². The van der Waals surface area contributed by atoms with Gasteiger partial charge in [-0.25, -0.2) is 8.78 Å². The van der Waals surface area contributed by atoms with Crippen molar-refractivity contribution in [2.24, 2.45) is 5.41 Å². The van der Waals surface area contributed by atoms with E-state index in [1.54, 1.807) is 0 Å². The maximum absolute atomic E-state index is 13.4. The molecule has 1 amide bonds. The van der Waals surface area contributed by atoms with Gasteiger partial charge in [0.15, 0.2) is 11.6 Å². The Morgan fingerprint density at radius 3 is 2.47 bits per heavy atom. The van der Waals surface area contributed by atoms with Gasteiger partial charge in [0.25, 0.3) is 5.91 Å². The molecule has 1 rings (SSSR count). The fraction of sp³-hybridized carbons (Fsp3) is 0.500. The lowest BCUT2D eigenvalue weighted by molar-refractivity contribution is 0.0847. The Bertz CT molecular complexity index is 437. The number of nitrogens with one attached hydrogen (secondary N) is 1. The Morgan fingerprint density at radius 2 is 1.95 bits per heavy atom. The van der Waals surface area contributed by atoms with Gasteiger partial charge in [0.2, 0.25) is 0 Å². The van der Waals surface area contributed by atoms with Crippen LogP contribution in [0.15, 0.2) is 18.2 Å². The number of carbonyl (C=O) groups is 1. The van der Waals surface area contributed by atoms with Crippen LogP contribution in [-0.4, -0.2) is 24.2 Å². The van der Waals surface area contributed by atoms with E-state index < -0.39 is 23.0 Å². The predicted octanol–water partition coefficient (Wildman–Crippen LogP) is 2.49. The van der Waals surface area contributed by atoms with Gasteiger partial charge in [-0.2, -0.15) is 0 Å². The van der Waals surface area contributed by atoms with Crippen LogP contribution >= 0.6 is 0 Å². The summed E-state index contributed by atoms with van der Waals surface area (Å²) in [5.41, 5.74) is -0.738. The van der Waals surface area contributed by atoms with Crippen LogP contribution in [0.25, 0.3) is 0 Å². The number of aliphatic hydroxyl groups excluding tert-OH is 1. The van der Waals surface area contributed by atoms with Crippen molar-refractivity contribution in [3.8, 4) is 0 Å². The molecule has 0 heterocycles. The van der Waals surface area contributed by atoms with Crippen LogP contribution in [-0.2, 0) is 0 Å². The standard InChI is InChI=1S/C14H19F2NO2/c1-3-14(4-2,9-18)8-17-13(19)10-6-5-7-11(15)12(10)16/h5-7,18H,3-4,8-9H2,1-2H3,(H,17,19). The molecule has 0 aromatic heterocycles. The summed E-state index contributed by atoms with van der Waals surface area (Å²) in [6.07, 6.45) is 1.37. The molecule has 0 fully saturated rings. The molecule has 0 spiro atoms. The molecule has 5 heteroatoms. The minimum absolute atomic E-state index is 0.0636. The Hall–Kier alpha value is -1.49. The minimum Gasteiger partial charge on any atom is -0.396 e. The Kier molecular flexibility index (Phi) is 5.42. The lowest BCUT2D eigenvalue weighted by Crippen LogP contribution is -2.39. The van der Waals surface area contributed by atoms with E-state index >= 15 is 0 Å². The number of halogens is 2. The number of hydrogen-bond donors (Lipinski definition) is 2. The third kappa shape index (κ3) is 3.50. The highest BCUT2D eigenvalue weighted by molar-refractivity contribution is 5.94. The lowest BCUT2D eigenvalue weighted by atomic mass is 9.83. The molecule has 0 aliphatic heterocycles. The fourth-order valence-electron chi connectivity index (χ4n) is 1.82. The monoisotopic (exact) mass is 271 g/mol.